The standard InChI is InChI=1S/C18H25NO/c1-12-8-15(18(3,4)5)9-13(2)16(12)10-17(19)14-6-7-20-11-14/h6-9,11,17H,10,19H2,1-5H3. The van der Waals surface area contributed by atoms with Gasteiger partial charge in [0.1, 0.15) is 0 Å². The Morgan fingerprint density at radius 3 is 2.20 bits per heavy atom. The van der Waals surface area contributed by atoms with Crippen LogP contribution in [0.25, 0.3) is 0 Å². The Balaban J connectivity index is 2.29. The highest BCUT2D eigenvalue weighted by atomic mass is 16.3. The molecule has 0 fully saturated rings. The van der Waals surface area contributed by atoms with E-state index in [1.165, 1.54) is 22.3 Å². The summed E-state index contributed by atoms with van der Waals surface area (Å²) in [7, 11) is 0. The predicted octanol–water partition coefficient (Wildman–Crippen LogP) is 4.44. The molecule has 20 heavy (non-hydrogen) atoms. The van der Waals surface area contributed by atoms with Crippen molar-refractivity contribution < 1.29 is 4.42 Å². The van der Waals surface area contributed by atoms with E-state index in [4.69, 9.17) is 10.2 Å². The topological polar surface area (TPSA) is 39.2 Å². The lowest BCUT2D eigenvalue weighted by molar-refractivity contribution is 0.558. The molecule has 0 aliphatic rings. The van der Waals surface area contributed by atoms with E-state index in [9.17, 15) is 0 Å². The molecule has 1 aromatic carbocycles. The molecule has 2 heteroatoms. The van der Waals surface area contributed by atoms with Crippen molar-refractivity contribution >= 4 is 0 Å². The van der Waals surface area contributed by atoms with Gasteiger partial charge >= 0.3 is 0 Å². The maximum Gasteiger partial charge on any atom is 0.0950 e. The molecule has 0 radical (unpaired) electrons. The largest absolute Gasteiger partial charge is 0.472 e. The monoisotopic (exact) mass is 271 g/mol. The summed E-state index contributed by atoms with van der Waals surface area (Å²) in [5, 5.41) is 0. The molecule has 0 aliphatic carbocycles. The molecule has 0 aliphatic heterocycles. The van der Waals surface area contributed by atoms with Gasteiger partial charge in [-0.15, -0.1) is 0 Å². The highest BCUT2D eigenvalue weighted by molar-refractivity contribution is 5.41. The van der Waals surface area contributed by atoms with Crippen molar-refractivity contribution in [2.24, 2.45) is 5.73 Å². The normalized spacial score (nSPS) is 13.5. The van der Waals surface area contributed by atoms with Crippen molar-refractivity contribution in [3.05, 3.63) is 58.5 Å². The van der Waals surface area contributed by atoms with Crippen LogP contribution in [0.4, 0.5) is 0 Å². The van der Waals surface area contributed by atoms with E-state index in [0.717, 1.165) is 12.0 Å². The van der Waals surface area contributed by atoms with Crippen molar-refractivity contribution in [1.29, 1.82) is 0 Å². The van der Waals surface area contributed by atoms with E-state index in [2.05, 4.69) is 46.8 Å². The van der Waals surface area contributed by atoms with Gasteiger partial charge in [0.15, 0.2) is 0 Å². The Labute approximate surface area is 122 Å². The molecule has 2 nitrogen and oxygen atoms in total. The van der Waals surface area contributed by atoms with Gasteiger partial charge in [0.05, 0.1) is 12.5 Å². The second kappa shape index (κ2) is 5.45. The summed E-state index contributed by atoms with van der Waals surface area (Å²) in [6.45, 7) is 11.1. The van der Waals surface area contributed by atoms with Gasteiger partial charge in [-0.3, -0.25) is 0 Å². The molecule has 1 aromatic heterocycles. The van der Waals surface area contributed by atoms with Gasteiger partial charge in [-0.05, 0) is 54.0 Å². The lowest BCUT2D eigenvalue weighted by Crippen LogP contribution is -2.16. The molecule has 1 atom stereocenters. The van der Waals surface area contributed by atoms with Gasteiger partial charge in [0.25, 0.3) is 0 Å². The molecule has 2 aromatic rings. The summed E-state index contributed by atoms with van der Waals surface area (Å²) in [4.78, 5) is 0. The van der Waals surface area contributed by atoms with Crippen LogP contribution in [0.1, 0.15) is 54.6 Å². The quantitative estimate of drug-likeness (QED) is 0.896. The van der Waals surface area contributed by atoms with Gasteiger partial charge in [0, 0.05) is 11.6 Å². The van der Waals surface area contributed by atoms with Gasteiger partial charge in [-0.2, -0.15) is 0 Å². The van der Waals surface area contributed by atoms with E-state index >= 15 is 0 Å². The molecule has 108 valence electrons. The lowest BCUT2D eigenvalue weighted by Gasteiger charge is -2.23. The first-order valence-corrected chi connectivity index (χ1v) is 7.17. The molecule has 0 amide bonds. The van der Waals surface area contributed by atoms with Crippen LogP contribution < -0.4 is 5.73 Å². The minimum atomic E-state index is -0.00774. The minimum absolute atomic E-state index is 0.00774. The number of hydrogen-bond acceptors (Lipinski definition) is 2. The van der Waals surface area contributed by atoms with Gasteiger partial charge in [-0.1, -0.05) is 32.9 Å². The number of furan rings is 1. The maximum atomic E-state index is 6.27. The molecular formula is C18H25NO. The van der Waals surface area contributed by atoms with Crippen LogP contribution in [0.15, 0.2) is 35.1 Å². The van der Waals surface area contributed by atoms with E-state index in [0.29, 0.717) is 0 Å². The van der Waals surface area contributed by atoms with E-state index in [-0.39, 0.29) is 11.5 Å². The SMILES string of the molecule is Cc1cc(C(C)(C)C)cc(C)c1CC(N)c1ccoc1. The van der Waals surface area contributed by atoms with E-state index < -0.39 is 0 Å². The number of rotatable bonds is 3. The zero-order valence-electron chi connectivity index (χ0n) is 13.2. The fourth-order valence-corrected chi connectivity index (χ4v) is 2.57. The third-order valence-electron chi connectivity index (χ3n) is 3.96. The summed E-state index contributed by atoms with van der Waals surface area (Å²) in [6.07, 6.45) is 4.26. The van der Waals surface area contributed by atoms with Crippen LogP contribution in [0, 0.1) is 13.8 Å². The van der Waals surface area contributed by atoms with E-state index in [1.54, 1.807) is 12.5 Å². The first-order valence-electron chi connectivity index (χ1n) is 7.17. The number of nitrogens with two attached hydrogens (primary N) is 1. The minimum Gasteiger partial charge on any atom is -0.472 e. The van der Waals surface area contributed by atoms with Crippen molar-refractivity contribution in [2.75, 3.05) is 0 Å². The van der Waals surface area contributed by atoms with Crippen molar-refractivity contribution in [1.82, 2.24) is 0 Å². The fraction of sp³-hybridized carbons (Fsp3) is 0.444. The molecule has 2 N–H and O–H groups in total. The first kappa shape index (κ1) is 14.9. The Morgan fingerprint density at radius 1 is 1.15 bits per heavy atom. The Hall–Kier alpha value is -1.54. The number of benzene rings is 1. The second-order valence-corrected chi connectivity index (χ2v) is 6.71. The average molecular weight is 271 g/mol. The van der Waals surface area contributed by atoms with Crippen LogP contribution in [0.3, 0.4) is 0 Å². The van der Waals surface area contributed by atoms with Gasteiger partial charge < -0.3 is 10.2 Å². The maximum absolute atomic E-state index is 6.27. The number of aryl methyl sites for hydroxylation is 2. The summed E-state index contributed by atoms with van der Waals surface area (Å²) < 4.78 is 5.12. The zero-order chi connectivity index (χ0) is 14.9. The van der Waals surface area contributed by atoms with Crippen molar-refractivity contribution in [3.8, 4) is 0 Å². The molecule has 0 saturated carbocycles. The summed E-state index contributed by atoms with van der Waals surface area (Å²) >= 11 is 0. The van der Waals surface area contributed by atoms with Gasteiger partial charge in [0.2, 0.25) is 0 Å². The first-order chi connectivity index (χ1) is 9.29. The molecule has 0 bridgehead atoms. The van der Waals surface area contributed by atoms with Crippen LogP contribution in [0.5, 0.6) is 0 Å². The summed E-state index contributed by atoms with van der Waals surface area (Å²) in [5.74, 6) is 0. The van der Waals surface area contributed by atoms with Crippen LogP contribution >= 0.6 is 0 Å². The van der Waals surface area contributed by atoms with Crippen LogP contribution in [-0.4, -0.2) is 0 Å². The molecule has 0 spiro atoms. The molecule has 0 saturated heterocycles. The van der Waals surface area contributed by atoms with Crippen LogP contribution in [0.2, 0.25) is 0 Å². The average Bonchev–Trinajstić information content (AvgIpc) is 2.85. The van der Waals surface area contributed by atoms with Crippen molar-refractivity contribution in [3.63, 3.8) is 0 Å². The fourth-order valence-electron chi connectivity index (χ4n) is 2.57. The zero-order valence-corrected chi connectivity index (χ0v) is 13.2. The second-order valence-electron chi connectivity index (χ2n) is 6.71. The number of hydrogen-bond donors (Lipinski definition) is 1. The third-order valence-corrected chi connectivity index (χ3v) is 3.96. The Kier molecular flexibility index (Phi) is 4.05. The smallest absolute Gasteiger partial charge is 0.0950 e. The Bertz CT molecular complexity index is 553. The Morgan fingerprint density at radius 2 is 1.75 bits per heavy atom. The lowest BCUT2D eigenvalue weighted by atomic mass is 9.82. The summed E-state index contributed by atoms with van der Waals surface area (Å²) in [6, 6.07) is 6.53. The van der Waals surface area contributed by atoms with Crippen molar-refractivity contribution in [2.45, 2.75) is 52.5 Å². The molecule has 1 unspecified atom stereocenters. The highest BCUT2D eigenvalue weighted by Gasteiger charge is 2.18. The highest BCUT2D eigenvalue weighted by Crippen LogP contribution is 2.29. The van der Waals surface area contributed by atoms with Gasteiger partial charge in [-0.25, -0.2) is 0 Å². The molecule has 2 rings (SSSR count). The predicted molar refractivity (Wildman–Crippen MR) is 84.0 cm³/mol. The van der Waals surface area contributed by atoms with E-state index in [1.807, 2.05) is 6.07 Å². The third kappa shape index (κ3) is 3.13. The van der Waals surface area contributed by atoms with Crippen LogP contribution in [-0.2, 0) is 11.8 Å². The summed E-state index contributed by atoms with van der Waals surface area (Å²) in [5.41, 5.74) is 12.9. The molecular weight excluding hydrogens is 246 g/mol. The molecule has 1 heterocycles.